The van der Waals surface area contributed by atoms with Crippen LogP contribution in [0.4, 0.5) is 0 Å². The van der Waals surface area contributed by atoms with Crippen LogP contribution in [0.2, 0.25) is 0 Å². The second kappa shape index (κ2) is 11.4. The molecule has 1 heteroatoms. The highest BCUT2D eigenvalue weighted by Crippen LogP contribution is 1.98. The van der Waals surface area contributed by atoms with Crippen molar-refractivity contribution >= 4 is 0 Å². The molecule has 0 amide bonds. The molecule has 0 heterocycles. The smallest absolute Gasteiger partial charge is 0.0433 e. The van der Waals surface area contributed by atoms with Crippen LogP contribution in [0.3, 0.4) is 0 Å². The molecule has 0 aromatic rings. The van der Waals surface area contributed by atoms with Gasteiger partial charge in [0.25, 0.3) is 0 Å². The lowest BCUT2D eigenvalue weighted by molar-refractivity contribution is 0.289. The Morgan fingerprint density at radius 2 is 1.38 bits per heavy atom. The lowest BCUT2D eigenvalue weighted by Crippen LogP contribution is -1.78. The standard InChI is InChI=1S/C12H22O/c1-2-3-4-5-6-7-8-9-10-11-12-13/h4-5,8-9,13H,2-3,6-7,10-12H2,1H3/b5-4-,9-8?. The predicted octanol–water partition coefficient (Wildman–Crippen LogP) is 3.45. The van der Waals surface area contributed by atoms with Gasteiger partial charge in [0.1, 0.15) is 0 Å². The largest absolute Gasteiger partial charge is 0.396 e. The van der Waals surface area contributed by atoms with Gasteiger partial charge in [-0.15, -0.1) is 0 Å². The third-order valence-electron chi connectivity index (χ3n) is 1.82. The molecule has 0 bridgehead atoms. The molecule has 0 fully saturated rings. The molecule has 0 saturated carbocycles. The topological polar surface area (TPSA) is 20.2 Å². The molecular formula is C12H22O. The summed E-state index contributed by atoms with van der Waals surface area (Å²) in [6.07, 6.45) is 15.5. The Labute approximate surface area is 82.2 Å². The van der Waals surface area contributed by atoms with Crippen molar-refractivity contribution in [3.05, 3.63) is 24.3 Å². The monoisotopic (exact) mass is 182 g/mol. The summed E-state index contributed by atoms with van der Waals surface area (Å²) in [7, 11) is 0. The summed E-state index contributed by atoms with van der Waals surface area (Å²) in [5, 5.41) is 8.52. The lowest BCUT2D eigenvalue weighted by atomic mass is 10.2. The molecule has 0 rings (SSSR count). The predicted molar refractivity (Wildman–Crippen MR) is 58.7 cm³/mol. The molecule has 0 saturated heterocycles. The number of unbranched alkanes of at least 4 members (excludes halogenated alkanes) is 3. The zero-order valence-corrected chi connectivity index (χ0v) is 8.71. The van der Waals surface area contributed by atoms with Gasteiger partial charge in [-0.2, -0.15) is 0 Å². The number of hydrogen-bond donors (Lipinski definition) is 1. The van der Waals surface area contributed by atoms with Crippen molar-refractivity contribution in [2.75, 3.05) is 6.61 Å². The average Bonchev–Trinajstić information content (AvgIpc) is 2.16. The molecule has 0 unspecified atom stereocenters. The van der Waals surface area contributed by atoms with Crippen LogP contribution in [0.15, 0.2) is 24.3 Å². The molecule has 0 spiro atoms. The van der Waals surface area contributed by atoms with E-state index in [0.717, 1.165) is 25.7 Å². The Bertz CT molecular complexity index is 136. The van der Waals surface area contributed by atoms with E-state index < -0.39 is 0 Å². The van der Waals surface area contributed by atoms with Crippen molar-refractivity contribution in [1.29, 1.82) is 0 Å². The fourth-order valence-corrected chi connectivity index (χ4v) is 1.04. The molecular weight excluding hydrogens is 160 g/mol. The maximum Gasteiger partial charge on any atom is 0.0433 e. The van der Waals surface area contributed by atoms with Gasteiger partial charge in [0.05, 0.1) is 0 Å². The highest BCUT2D eigenvalue weighted by atomic mass is 16.2. The van der Waals surface area contributed by atoms with E-state index in [4.69, 9.17) is 5.11 Å². The third-order valence-corrected chi connectivity index (χ3v) is 1.82. The van der Waals surface area contributed by atoms with Crippen LogP contribution in [-0.2, 0) is 0 Å². The summed E-state index contributed by atoms with van der Waals surface area (Å²) in [6.45, 7) is 2.50. The van der Waals surface area contributed by atoms with Gasteiger partial charge in [-0.1, -0.05) is 37.6 Å². The first kappa shape index (κ1) is 12.4. The number of aliphatic hydroxyl groups is 1. The van der Waals surface area contributed by atoms with Gasteiger partial charge in [0.2, 0.25) is 0 Å². The quantitative estimate of drug-likeness (QED) is 0.450. The minimum atomic E-state index is 0.306. The van der Waals surface area contributed by atoms with Crippen LogP contribution in [0, 0.1) is 0 Å². The van der Waals surface area contributed by atoms with Crippen molar-refractivity contribution in [2.45, 2.75) is 45.4 Å². The molecule has 0 aliphatic rings. The SMILES string of the molecule is CCC/C=C\CCC=CCCCO. The van der Waals surface area contributed by atoms with Crippen molar-refractivity contribution in [3.8, 4) is 0 Å². The highest BCUT2D eigenvalue weighted by molar-refractivity contribution is 4.87. The zero-order chi connectivity index (χ0) is 9.78. The summed E-state index contributed by atoms with van der Waals surface area (Å²) in [6, 6.07) is 0. The Kier molecular flexibility index (Phi) is 10.9. The van der Waals surface area contributed by atoms with Crippen LogP contribution in [0.5, 0.6) is 0 Å². The van der Waals surface area contributed by atoms with E-state index in [1.807, 2.05) is 0 Å². The Hall–Kier alpha value is -0.560. The zero-order valence-electron chi connectivity index (χ0n) is 8.71. The molecule has 0 radical (unpaired) electrons. The Morgan fingerprint density at radius 3 is 1.92 bits per heavy atom. The van der Waals surface area contributed by atoms with Gasteiger partial charge in [-0.3, -0.25) is 0 Å². The summed E-state index contributed by atoms with van der Waals surface area (Å²) < 4.78 is 0. The number of rotatable bonds is 8. The molecule has 0 aliphatic heterocycles. The van der Waals surface area contributed by atoms with Crippen molar-refractivity contribution < 1.29 is 5.11 Å². The molecule has 0 aromatic carbocycles. The second-order valence-electron chi connectivity index (χ2n) is 3.17. The van der Waals surface area contributed by atoms with Gasteiger partial charge >= 0.3 is 0 Å². The van der Waals surface area contributed by atoms with Crippen molar-refractivity contribution in [2.24, 2.45) is 0 Å². The minimum absolute atomic E-state index is 0.306. The summed E-state index contributed by atoms with van der Waals surface area (Å²) in [4.78, 5) is 0. The van der Waals surface area contributed by atoms with E-state index in [-0.39, 0.29) is 0 Å². The fourth-order valence-electron chi connectivity index (χ4n) is 1.04. The van der Waals surface area contributed by atoms with Gasteiger partial charge in [-0.25, -0.2) is 0 Å². The van der Waals surface area contributed by atoms with Gasteiger partial charge < -0.3 is 5.11 Å². The second-order valence-corrected chi connectivity index (χ2v) is 3.17. The first-order chi connectivity index (χ1) is 6.41. The summed E-state index contributed by atoms with van der Waals surface area (Å²) in [5.41, 5.74) is 0. The normalized spacial score (nSPS) is 11.8. The van der Waals surface area contributed by atoms with E-state index >= 15 is 0 Å². The maximum absolute atomic E-state index is 8.52. The van der Waals surface area contributed by atoms with Crippen molar-refractivity contribution in [3.63, 3.8) is 0 Å². The first-order valence-electron chi connectivity index (χ1n) is 5.32. The molecule has 1 N–H and O–H groups in total. The van der Waals surface area contributed by atoms with E-state index in [0.29, 0.717) is 6.61 Å². The van der Waals surface area contributed by atoms with Crippen LogP contribution in [-0.4, -0.2) is 11.7 Å². The molecule has 1 nitrogen and oxygen atoms in total. The minimum Gasteiger partial charge on any atom is -0.396 e. The highest BCUT2D eigenvalue weighted by Gasteiger charge is 1.79. The van der Waals surface area contributed by atoms with Crippen molar-refractivity contribution in [1.82, 2.24) is 0 Å². The van der Waals surface area contributed by atoms with E-state index in [9.17, 15) is 0 Å². The van der Waals surface area contributed by atoms with Crippen LogP contribution in [0.25, 0.3) is 0 Å². The number of allylic oxidation sites excluding steroid dienone is 4. The first-order valence-corrected chi connectivity index (χ1v) is 5.32. The Balaban J connectivity index is 3.10. The van der Waals surface area contributed by atoms with Crippen LogP contribution >= 0.6 is 0 Å². The van der Waals surface area contributed by atoms with Crippen LogP contribution in [0.1, 0.15) is 45.4 Å². The maximum atomic E-state index is 8.52. The third kappa shape index (κ3) is 11.4. The molecule has 76 valence electrons. The number of aliphatic hydroxyl groups excluding tert-OH is 1. The van der Waals surface area contributed by atoms with Gasteiger partial charge in [0, 0.05) is 6.61 Å². The van der Waals surface area contributed by atoms with E-state index in [1.165, 1.54) is 12.8 Å². The van der Waals surface area contributed by atoms with Gasteiger partial charge in [-0.05, 0) is 32.1 Å². The Morgan fingerprint density at radius 1 is 0.846 bits per heavy atom. The molecule has 0 aromatic heterocycles. The average molecular weight is 182 g/mol. The van der Waals surface area contributed by atoms with Gasteiger partial charge in [0.15, 0.2) is 0 Å². The van der Waals surface area contributed by atoms with Crippen LogP contribution < -0.4 is 0 Å². The fraction of sp³-hybridized carbons (Fsp3) is 0.667. The summed E-state index contributed by atoms with van der Waals surface area (Å²) >= 11 is 0. The lowest BCUT2D eigenvalue weighted by Gasteiger charge is -1.89. The molecule has 0 atom stereocenters. The molecule has 0 aliphatic carbocycles. The van der Waals surface area contributed by atoms with E-state index in [2.05, 4.69) is 31.2 Å². The summed E-state index contributed by atoms with van der Waals surface area (Å²) in [5.74, 6) is 0. The number of hydrogen-bond acceptors (Lipinski definition) is 1. The van der Waals surface area contributed by atoms with E-state index in [1.54, 1.807) is 0 Å². The molecule has 13 heavy (non-hydrogen) atoms.